The summed E-state index contributed by atoms with van der Waals surface area (Å²) in [6.45, 7) is 1.58. The lowest BCUT2D eigenvalue weighted by atomic mass is 10.0. The molecule has 1 aliphatic carbocycles. The summed E-state index contributed by atoms with van der Waals surface area (Å²) < 4.78 is 5.69. The molecule has 1 aliphatic heterocycles. The number of anilines is 1. The van der Waals surface area contributed by atoms with Gasteiger partial charge in [-0.15, -0.1) is 0 Å². The number of hydrogen-bond acceptors (Lipinski definition) is 5. The molecule has 120 valence electrons. The topological polar surface area (TPSA) is 74.3 Å². The fourth-order valence-corrected chi connectivity index (χ4v) is 3.61. The average Bonchev–Trinajstić information content (AvgIpc) is 3.22. The van der Waals surface area contributed by atoms with E-state index in [1.165, 1.54) is 5.56 Å². The molecule has 2 aromatic rings. The predicted octanol–water partition coefficient (Wildman–Crippen LogP) is 1.68. The third-order valence-corrected chi connectivity index (χ3v) is 4.78. The van der Waals surface area contributed by atoms with Gasteiger partial charge in [0.1, 0.15) is 0 Å². The minimum atomic E-state index is -1.16. The predicted molar refractivity (Wildman–Crippen MR) is 85.6 cm³/mol. The van der Waals surface area contributed by atoms with Crippen molar-refractivity contribution < 1.29 is 14.6 Å². The molecule has 0 spiro atoms. The minimum absolute atomic E-state index is 0.192. The summed E-state index contributed by atoms with van der Waals surface area (Å²) in [6.07, 6.45) is 5.49. The highest BCUT2D eigenvalue weighted by atomic mass is 16.5. The van der Waals surface area contributed by atoms with Gasteiger partial charge in [-0.05, 0) is 55.4 Å². The first-order chi connectivity index (χ1) is 11.2. The van der Waals surface area contributed by atoms with Crippen molar-refractivity contribution in [3.8, 4) is 0 Å². The van der Waals surface area contributed by atoms with Gasteiger partial charge in [0.05, 0.1) is 17.6 Å². The number of ether oxygens (including phenoxy) is 1. The summed E-state index contributed by atoms with van der Waals surface area (Å²) in [5.41, 5.74) is 4.42. The number of rotatable bonds is 4. The van der Waals surface area contributed by atoms with Gasteiger partial charge in [0, 0.05) is 29.9 Å². The number of carboxylic acids is 1. The highest BCUT2D eigenvalue weighted by Gasteiger charge is 2.21. The lowest BCUT2D eigenvalue weighted by Crippen LogP contribution is -2.22. The summed E-state index contributed by atoms with van der Waals surface area (Å²) in [4.78, 5) is 15.9. The SMILES string of the molecule is O=C([O-])c1ccc2nc3c(c(NC[C@@H]4CCCO4)c2c1)CCC3. The van der Waals surface area contributed by atoms with Crippen LogP contribution in [0.15, 0.2) is 18.2 Å². The Balaban J connectivity index is 1.77. The second-order valence-corrected chi connectivity index (χ2v) is 6.30. The highest BCUT2D eigenvalue weighted by molar-refractivity contribution is 5.99. The zero-order valence-electron chi connectivity index (χ0n) is 12.9. The number of carbonyl (C=O) groups is 1. The molecule has 1 aromatic heterocycles. The van der Waals surface area contributed by atoms with Crippen molar-refractivity contribution in [1.29, 1.82) is 0 Å². The number of carboxylic acid groups (broad SMARTS) is 1. The molecule has 4 rings (SSSR count). The highest BCUT2D eigenvalue weighted by Crippen LogP contribution is 2.34. The van der Waals surface area contributed by atoms with Gasteiger partial charge in [-0.3, -0.25) is 4.98 Å². The Labute approximate surface area is 134 Å². The molecule has 5 heteroatoms. The summed E-state index contributed by atoms with van der Waals surface area (Å²) in [6, 6.07) is 5.01. The maximum atomic E-state index is 11.2. The molecular formula is C18H19N2O3-. The van der Waals surface area contributed by atoms with Crippen LogP contribution in [0.1, 0.15) is 40.9 Å². The van der Waals surface area contributed by atoms with E-state index >= 15 is 0 Å². The van der Waals surface area contributed by atoms with Crippen molar-refractivity contribution in [2.75, 3.05) is 18.5 Å². The molecule has 0 unspecified atom stereocenters. The molecular weight excluding hydrogens is 292 g/mol. The van der Waals surface area contributed by atoms with Gasteiger partial charge in [-0.2, -0.15) is 0 Å². The Bertz CT molecular complexity index is 766. The van der Waals surface area contributed by atoms with E-state index in [2.05, 4.69) is 5.32 Å². The maximum absolute atomic E-state index is 11.2. The normalized spacial score (nSPS) is 19.9. The Hall–Kier alpha value is -2.14. The van der Waals surface area contributed by atoms with Crippen LogP contribution in [-0.2, 0) is 17.6 Å². The van der Waals surface area contributed by atoms with Crippen molar-refractivity contribution in [2.24, 2.45) is 0 Å². The number of fused-ring (bicyclic) bond motifs is 2. The van der Waals surface area contributed by atoms with Crippen molar-refractivity contribution in [3.63, 3.8) is 0 Å². The summed E-state index contributed by atoms with van der Waals surface area (Å²) in [5, 5.41) is 15.6. The van der Waals surface area contributed by atoms with Gasteiger partial charge in [-0.25, -0.2) is 0 Å². The van der Waals surface area contributed by atoms with Crippen LogP contribution in [0.25, 0.3) is 10.9 Å². The third kappa shape index (κ3) is 2.65. The summed E-state index contributed by atoms with van der Waals surface area (Å²) in [5.74, 6) is -1.16. The van der Waals surface area contributed by atoms with Gasteiger partial charge in [0.25, 0.3) is 0 Å². The van der Waals surface area contributed by atoms with Crippen LogP contribution in [0.3, 0.4) is 0 Å². The molecule has 2 heterocycles. The number of aromatic carboxylic acids is 1. The van der Waals surface area contributed by atoms with E-state index in [4.69, 9.17) is 9.72 Å². The Morgan fingerprint density at radius 1 is 1.35 bits per heavy atom. The standard InChI is InChI=1S/C18H20N2O3/c21-18(22)11-6-7-16-14(9-11)17(13-4-1-5-15(13)20-16)19-10-12-3-2-8-23-12/h6-7,9,12H,1-5,8,10H2,(H,19,20)(H,21,22)/p-1/t12-/m0/s1. The summed E-state index contributed by atoms with van der Waals surface area (Å²) in [7, 11) is 0. The van der Waals surface area contributed by atoms with Gasteiger partial charge in [0.15, 0.2) is 0 Å². The lowest BCUT2D eigenvalue weighted by Gasteiger charge is -2.18. The molecule has 1 N–H and O–H groups in total. The zero-order chi connectivity index (χ0) is 15.8. The first-order valence-electron chi connectivity index (χ1n) is 8.25. The van der Waals surface area contributed by atoms with Crippen LogP contribution in [0.5, 0.6) is 0 Å². The molecule has 2 aliphatic rings. The van der Waals surface area contributed by atoms with E-state index < -0.39 is 5.97 Å². The smallest absolute Gasteiger partial charge is 0.0748 e. The molecule has 0 bridgehead atoms. The molecule has 1 atom stereocenters. The average molecular weight is 311 g/mol. The molecule has 0 amide bonds. The number of nitrogens with zero attached hydrogens (tertiary/aromatic N) is 1. The lowest BCUT2D eigenvalue weighted by molar-refractivity contribution is -0.255. The van der Waals surface area contributed by atoms with E-state index in [-0.39, 0.29) is 11.7 Å². The van der Waals surface area contributed by atoms with Crippen molar-refractivity contribution in [1.82, 2.24) is 4.98 Å². The molecule has 23 heavy (non-hydrogen) atoms. The van der Waals surface area contributed by atoms with Gasteiger partial charge in [-0.1, -0.05) is 6.07 Å². The molecule has 0 saturated carbocycles. The number of pyridine rings is 1. The minimum Gasteiger partial charge on any atom is -0.545 e. The largest absolute Gasteiger partial charge is 0.545 e. The number of nitrogens with one attached hydrogen (secondary N) is 1. The van der Waals surface area contributed by atoms with Crippen LogP contribution >= 0.6 is 0 Å². The van der Waals surface area contributed by atoms with Crippen LogP contribution in [-0.4, -0.2) is 30.2 Å². The Morgan fingerprint density at radius 3 is 3.04 bits per heavy atom. The van der Waals surface area contributed by atoms with E-state index in [1.54, 1.807) is 18.2 Å². The first-order valence-corrected chi connectivity index (χ1v) is 8.25. The number of carbonyl (C=O) groups excluding carboxylic acids is 1. The van der Waals surface area contributed by atoms with E-state index in [0.717, 1.165) is 67.5 Å². The van der Waals surface area contributed by atoms with E-state index in [1.807, 2.05) is 0 Å². The fourth-order valence-electron chi connectivity index (χ4n) is 3.61. The van der Waals surface area contributed by atoms with Crippen LogP contribution in [0.2, 0.25) is 0 Å². The molecule has 1 aromatic carbocycles. The van der Waals surface area contributed by atoms with Crippen molar-refractivity contribution in [2.45, 2.75) is 38.2 Å². The van der Waals surface area contributed by atoms with E-state index in [9.17, 15) is 9.90 Å². The molecule has 5 nitrogen and oxygen atoms in total. The zero-order valence-corrected chi connectivity index (χ0v) is 12.9. The molecule has 1 saturated heterocycles. The third-order valence-electron chi connectivity index (χ3n) is 4.78. The second-order valence-electron chi connectivity index (χ2n) is 6.30. The molecule has 1 fully saturated rings. The summed E-state index contributed by atoms with van der Waals surface area (Å²) >= 11 is 0. The van der Waals surface area contributed by atoms with Gasteiger partial charge >= 0.3 is 0 Å². The number of benzene rings is 1. The van der Waals surface area contributed by atoms with Crippen molar-refractivity contribution >= 4 is 22.6 Å². The Kier molecular flexibility index (Phi) is 3.65. The van der Waals surface area contributed by atoms with Crippen LogP contribution < -0.4 is 10.4 Å². The van der Waals surface area contributed by atoms with Crippen LogP contribution in [0.4, 0.5) is 5.69 Å². The van der Waals surface area contributed by atoms with Gasteiger partial charge < -0.3 is 20.0 Å². The Morgan fingerprint density at radius 2 is 2.26 bits per heavy atom. The van der Waals surface area contributed by atoms with Gasteiger partial charge in [0.2, 0.25) is 0 Å². The molecule has 0 radical (unpaired) electrons. The number of hydrogen-bond donors (Lipinski definition) is 1. The fraction of sp³-hybridized carbons (Fsp3) is 0.444. The second kappa shape index (κ2) is 5.81. The quantitative estimate of drug-likeness (QED) is 0.930. The maximum Gasteiger partial charge on any atom is 0.0748 e. The van der Waals surface area contributed by atoms with E-state index in [0.29, 0.717) is 0 Å². The van der Waals surface area contributed by atoms with Crippen LogP contribution in [0, 0.1) is 0 Å². The number of aryl methyl sites for hydroxylation is 1. The monoisotopic (exact) mass is 311 g/mol. The number of aromatic nitrogens is 1. The van der Waals surface area contributed by atoms with Crippen molar-refractivity contribution in [3.05, 3.63) is 35.0 Å². The first kappa shape index (κ1) is 14.5.